The number of amidine groups is 2. The van der Waals surface area contributed by atoms with Gasteiger partial charge in [-0.05, 0) is 6.07 Å². The zero-order valence-corrected chi connectivity index (χ0v) is 9.98. The van der Waals surface area contributed by atoms with Crippen LogP contribution in [0.1, 0.15) is 5.56 Å². The van der Waals surface area contributed by atoms with Crippen LogP contribution in [-0.2, 0) is 6.42 Å². The number of nitrogens with two attached hydrogens (primary N) is 1. The fraction of sp³-hybridized carbons (Fsp3) is 0.273. The quantitative estimate of drug-likeness (QED) is 0.627. The molecule has 2 rings (SSSR count). The van der Waals surface area contributed by atoms with Gasteiger partial charge in [0.05, 0.1) is 12.7 Å². The van der Waals surface area contributed by atoms with Gasteiger partial charge in [-0.3, -0.25) is 10.4 Å². The summed E-state index contributed by atoms with van der Waals surface area (Å²) in [7, 11) is 0. The van der Waals surface area contributed by atoms with Crippen LogP contribution in [0.2, 0.25) is 0 Å². The minimum absolute atomic E-state index is 0.0735. The summed E-state index contributed by atoms with van der Waals surface area (Å²) < 4.78 is 26.3. The molecule has 0 fully saturated rings. The van der Waals surface area contributed by atoms with E-state index in [4.69, 9.17) is 5.73 Å². The molecule has 0 aliphatic carbocycles. The third-order valence-electron chi connectivity index (χ3n) is 2.48. The van der Waals surface area contributed by atoms with E-state index in [1.807, 2.05) is 0 Å². The van der Waals surface area contributed by atoms with Gasteiger partial charge in [-0.1, -0.05) is 0 Å². The first kappa shape index (κ1) is 13.1. The van der Waals surface area contributed by atoms with Crippen LogP contribution in [0, 0.1) is 5.82 Å². The van der Waals surface area contributed by atoms with Crippen molar-refractivity contribution in [1.29, 1.82) is 0 Å². The maximum Gasteiger partial charge on any atom is 0.176 e. The Bertz CT molecular complexity index is 554. The molecule has 0 bridgehead atoms. The van der Waals surface area contributed by atoms with Crippen molar-refractivity contribution in [3.63, 3.8) is 0 Å². The van der Waals surface area contributed by atoms with Gasteiger partial charge in [0.25, 0.3) is 0 Å². The predicted octanol–water partition coefficient (Wildman–Crippen LogP) is 0.898. The summed E-state index contributed by atoms with van der Waals surface area (Å²) in [5.41, 5.74) is 8.44. The van der Waals surface area contributed by atoms with Crippen LogP contribution in [0.5, 0.6) is 0 Å². The van der Waals surface area contributed by atoms with E-state index in [1.165, 1.54) is 6.07 Å². The lowest BCUT2D eigenvalue weighted by Gasteiger charge is -2.13. The number of aliphatic imine (C=N–C) groups is 2. The van der Waals surface area contributed by atoms with Crippen molar-refractivity contribution in [2.24, 2.45) is 20.8 Å². The molecule has 0 saturated carbocycles. The Hall–Kier alpha value is -2.38. The van der Waals surface area contributed by atoms with E-state index in [0.29, 0.717) is 17.2 Å². The molecule has 19 heavy (non-hydrogen) atoms. The maximum atomic E-state index is 13.2. The van der Waals surface area contributed by atoms with Gasteiger partial charge < -0.3 is 5.73 Å². The van der Waals surface area contributed by atoms with Gasteiger partial charge in [-0.2, -0.15) is 5.10 Å². The minimum atomic E-state index is -1.36. The molecule has 1 unspecified atom stereocenters. The van der Waals surface area contributed by atoms with Gasteiger partial charge in [-0.25, -0.2) is 18.8 Å². The summed E-state index contributed by atoms with van der Waals surface area (Å²) >= 11 is 0. The van der Waals surface area contributed by atoms with E-state index in [2.05, 4.69) is 32.2 Å². The summed E-state index contributed by atoms with van der Waals surface area (Å²) in [6.07, 6.45) is -0.132. The molecule has 1 aromatic heterocycles. The predicted molar refractivity (Wildman–Crippen MR) is 69.9 cm³/mol. The number of hydrogen-bond acceptors (Lipinski definition) is 6. The zero-order valence-electron chi connectivity index (χ0n) is 9.98. The summed E-state index contributed by atoms with van der Waals surface area (Å²) in [6, 6.07) is 1.27. The van der Waals surface area contributed by atoms with Gasteiger partial charge in [0.15, 0.2) is 6.17 Å². The third-order valence-corrected chi connectivity index (χ3v) is 2.48. The van der Waals surface area contributed by atoms with Crippen molar-refractivity contribution in [3.05, 3.63) is 23.6 Å². The molecular weight excluding hydrogens is 254 g/mol. The molecular formula is C11H12F2N6. The minimum Gasteiger partial charge on any atom is -0.385 e. The molecule has 100 valence electrons. The fourth-order valence-corrected chi connectivity index (χ4v) is 1.59. The first-order chi connectivity index (χ1) is 9.10. The van der Waals surface area contributed by atoms with Crippen LogP contribution < -0.4 is 11.2 Å². The molecule has 0 spiro atoms. The van der Waals surface area contributed by atoms with Crippen LogP contribution in [0.3, 0.4) is 0 Å². The second kappa shape index (κ2) is 5.51. The number of alkyl halides is 1. The number of hydrogen-bond donors (Lipinski definition) is 2. The second-order valence-electron chi connectivity index (χ2n) is 3.87. The first-order valence-corrected chi connectivity index (χ1v) is 5.47. The molecule has 0 amide bonds. The highest BCUT2D eigenvalue weighted by molar-refractivity contribution is 6.01. The molecule has 0 saturated heterocycles. The van der Waals surface area contributed by atoms with Crippen LogP contribution in [-0.4, -0.2) is 36.1 Å². The summed E-state index contributed by atoms with van der Waals surface area (Å²) in [4.78, 5) is 11.6. The molecule has 1 atom stereocenters. The lowest BCUT2D eigenvalue weighted by molar-refractivity contribution is 0.427. The van der Waals surface area contributed by atoms with E-state index in [9.17, 15) is 8.78 Å². The standard InChI is InChI=1S/C11H12F2N6/c1-15-19-11-6(2-7(12)4-17-11)3-9-16-5-8(13)10(14)18-9/h2,4,8H,1,3,5H2,(H,17,19)(H2,14,16,18). The van der Waals surface area contributed by atoms with Crippen molar-refractivity contribution in [2.45, 2.75) is 12.6 Å². The number of nitrogens with one attached hydrogen (secondary N) is 1. The number of anilines is 1. The molecule has 3 N–H and O–H groups in total. The van der Waals surface area contributed by atoms with E-state index in [-0.39, 0.29) is 18.8 Å². The highest BCUT2D eigenvalue weighted by atomic mass is 19.1. The molecule has 1 aromatic rings. The number of hydrazone groups is 1. The largest absolute Gasteiger partial charge is 0.385 e. The monoisotopic (exact) mass is 266 g/mol. The first-order valence-electron chi connectivity index (χ1n) is 5.47. The number of nitrogens with zero attached hydrogens (tertiary/aromatic N) is 4. The highest BCUT2D eigenvalue weighted by Crippen LogP contribution is 2.16. The molecule has 1 aliphatic rings. The molecule has 8 heteroatoms. The summed E-state index contributed by atoms with van der Waals surface area (Å²) in [6.45, 7) is 3.19. The lowest BCUT2D eigenvalue weighted by atomic mass is 10.1. The number of pyridine rings is 1. The Morgan fingerprint density at radius 1 is 1.58 bits per heavy atom. The number of rotatable bonds is 4. The second-order valence-corrected chi connectivity index (χ2v) is 3.87. The van der Waals surface area contributed by atoms with E-state index < -0.39 is 12.0 Å². The average Bonchev–Trinajstić information content (AvgIpc) is 2.37. The molecule has 6 nitrogen and oxygen atoms in total. The van der Waals surface area contributed by atoms with Gasteiger partial charge >= 0.3 is 0 Å². The Morgan fingerprint density at radius 3 is 3.05 bits per heavy atom. The Morgan fingerprint density at radius 2 is 2.37 bits per heavy atom. The van der Waals surface area contributed by atoms with E-state index in [0.717, 1.165) is 6.20 Å². The zero-order chi connectivity index (χ0) is 13.8. The highest BCUT2D eigenvalue weighted by Gasteiger charge is 2.18. The van der Waals surface area contributed by atoms with Gasteiger partial charge in [0.1, 0.15) is 23.3 Å². The van der Waals surface area contributed by atoms with E-state index >= 15 is 0 Å². The third kappa shape index (κ3) is 3.09. The van der Waals surface area contributed by atoms with Gasteiger partial charge in [0, 0.05) is 18.7 Å². The van der Waals surface area contributed by atoms with Gasteiger partial charge in [0.2, 0.25) is 0 Å². The average molecular weight is 266 g/mol. The Labute approximate surface area is 108 Å². The van der Waals surface area contributed by atoms with Crippen molar-refractivity contribution < 1.29 is 8.78 Å². The Balaban J connectivity index is 2.23. The summed E-state index contributed by atoms with van der Waals surface area (Å²) in [5, 5.41) is 3.47. The normalized spacial score (nSPS) is 18.5. The van der Waals surface area contributed by atoms with Crippen molar-refractivity contribution in [2.75, 3.05) is 12.0 Å². The van der Waals surface area contributed by atoms with Crippen LogP contribution in [0.25, 0.3) is 0 Å². The van der Waals surface area contributed by atoms with Crippen LogP contribution in [0.4, 0.5) is 14.6 Å². The smallest absolute Gasteiger partial charge is 0.176 e. The number of halogens is 2. The topological polar surface area (TPSA) is 88.0 Å². The maximum absolute atomic E-state index is 13.2. The Kier molecular flexibility index (Phi) is 3.79. The van der Waals surface area contributed by atoms with Crippen molar-refractivity contribution in [3.8, 4) is 0 Å². The number of aromatic nitrogens is 1. The lowest BCUT2D eigenvalue weighted by Crippen LogP contribution is -2.32. The van der Waals surface area contributed by atoms with Crippen LogP contribution >= 0.6 is 0 Å². The fourth-order valence-electron chi connectivity index (χ4n) is 1.59. The molecule has 0 radical (unpaired) electrons. The molecule has 0 aromatic carbocycles. The molecule has 1 aliphatic heterocycles. The van der Waals surface area contributed by atoms with Crippen molar-refractivity contribution in [1.82, 2.24) is 4.98 Å². The van der Waals surface area contributed by atoms with Gasteiger partial charge in [-0.15, -0.1) is 0 Å². The van der Waals surface area contributed by atoms with E-state index in [1.54, 1.807) is 0 Å². The summed E-state index contributed by atoms with van der Waals surface area (Å²) in [5.74, 6) is 0.0493. The SMILES string of the molecule is C=NNc1ncc(F)cc1CC1=NCC(F)C(N)=N1. The molecule has 2 heterocycles. The van der Waals surface area contributed by atoms with Crippen LogP contribution in [0.15, 0.2) is 27.3 Å². The van der Waals surface area contributed by atoms with Crippen molar-refractivity contribution >= 4 is 24.2 Å².